The van der Waals surface area contributed by atoms with Gasteiger partial charge in [-0.05, 0) is 38.8 Å². The molecule has 9 heteroatoms. The lowest BCUT2D eigenvalue weighted by molar-refractivity contribution is 0.0270. The van der Waals surface area contributed by atoms with Crippen LogP contribution in [0.5, 0.6) is 0 Å². The smallest absolute Gasteiger partial charge is 0.410 e. The number of oxazole rings is 1. The van der Waals surface area contributed by atoms with Gasteiger partial charge in [-0.2, -0.15) is 0 Å². The average molecular weight is 420 g/mol. The third kappa shape index (κ3) is 4.76. The zero-order valence-corrected chi connectivity index (χ0v) is 17.4. The maximum absolute atomic E-state index is 12.2. The van der Waals surface area contributed by atoms with Crippen molar-refractivity contribution in [2.24, 2.45) is 0 Å². The summed E-state index contributed by atoms with van der Waals surface area (Å²) < 4.78 is 15.4. The van der Waals surface area contributed by atoms with Gasteiger partial charge in [0.2, 0.25) is 0 Å². The Hall–Kier alpha value is -2.87. The Morgan fingerprint density at radius 3 is 2.62 bits per heavy atom. The highest BCUT2D eigenvalue weighted by Gasteiger charge is 2.25. The van der Waals surface area contributed by atoms with E-state index in [4.69, 9.17) is 25.5 Å². The van der Waals surface area contributed by atoms with E-state index in [1.165, 1.54) is 13.5 Å². The van der Waals surface area contributed by atoms with Crippen molar-refractivity contribution in [3.8, 4) is 11.3 Å². The molecular formula is C20H22ClN3O5. The van der Waals surface area contributed by atoms with E-state index < -0.39 is 11.6 Å². The van der Waals surface area contributed by atoms with Crippen molar-refractivity contribution in [1.82, 2.24) is 14.9 Å². The molecule has 0 aliphatic carbocycles. The molecule has 1 aliphatic rings. The van der Waals surface area contributed by atoms with Gasteiger partial charge >= 0.3 is 12.1 Å². The summed E-state index contributed by atoms with van der Waals surface area (Å²) in [5.41, 5.74) is 1.60. The Morgan fingerprint density at radius 1 is 1.28 bits per heavy atom. The number of esters is 1. The summed E-state index contributed by atoms with van der Waals surface area (Å²) in [7, 11) is 1.27. The summed E-state index contributed by atoms with van der Waals surface area (Å²) >= 11 is 6.44. The van der Waals surface area contributed by atoms with E-state index in [0.717, 1.165) is 5.57 Å². The topological polar surface area (TPSA) is 94.8 Å². The number of pyridine rings is 1. The van der Waals surface area contributed by atoms with E-state index in [0.29, 0.717) is 35.8 Å². The number of aromatic nitrogens is 2. The van der Waals surface area contributed by atoms with E-state index in [9.17, 15) is 9.59 Å². The van der Waals surface area contributed by atoms with Crippen molar-refractivity contribution in [3.63, 3.8) is 0 Å². The van der Waals surface area contributed by atoms with Gasteiger partial charge in [0.25, 0.3) is 0 Å². The SMILES string of the molecule is COC(=O)c1ncoc1-c1cnc(C2=CCN(C(=O)OC(C)(C)C)CC2)c(Cl)c1. The first kappa shape index (κ1) is 20.9. The van der Waals surface area contributed by atoms with Crippen LogP contribution >= 0.6 is 11.6 Å². The van der Waals surface area contributed by atoms with Gasteiger partial charge in [-0.3, -0.25) is 4.98 Å². The highest BCUT2D eigenvalue weighted by molar-refractivity contribution is 6.32. The first-order valence-corrected chi connectivity index (χ1v) is 9.42. The molecule has 0 atom stereocenters. The Bertz CT molecular complexity index is 961. The Kier molecular flexibility index (Phi) is 5.93. The van der Waals surface area contributed by atoms with Crippen LogP contribution in [0.15, 0.2) is 29.2 Å². The molecule has 0 radical (unpaired) electrons. The van der Waals surface area contributed by atoms with E-state index in [-0.39, 0.29) is 17.5 Å². The lowest BCUT2D eigenvalue weighted by Gasteiger charge is -2.29. The van der Waals surface area contributed by atoms with Crippen LogP contribution in [0.4, 0.5) is 4.79 Å². The minimum Gasteiger partial charge on any atom is -0.464 e. The van der Waals surface area contributed by atoms with Gasteiger partial charge in [-0.1, -0.05) is 17.7 Å². The lowest BCUT2D eigenvalue weighted by Crippen LogP contribution is -2.39. The molecule has 0 N–H and O–H groups in total. The first-order chi connectivity index (χ1) is 13.7. The van der Waals surface area contributed by atoms with Gasteiger partial charge in [0.1, 0.15) is 5.60 Å². The maximum atomic E-state index is 12.2. The molecule has 3 rings (SSSR count). The van der Waals surface area contributed by atoms with Gasteiger partial charge < -0.3 is 18.8 Å². The third-order valence-corrected chi connectivity index (χ3v) is 4.50. The predicted octanol–water partition coefficient (Wildman–Crippen LogP) is 4.20. The summed E-state index contributed by atoms with van der Waals surface area (Å²) in [5.74, 6) is -0.363. The standard InChI is InChI=1S/C20H22ClN3O5/c1-20(2,3)29-19(26)24-7-5-12(6-8-24)15-14(21)9-13(10-22-15)17-16(18(25)27-4)23-11-28-17/h5,9-11H,6-8H2,1-4H3. The molecule has 0 fully saturated rings. The molecule has 8 nitrogen and oxygen atoms in total. The monoisotopic (exact) mass is 419 g/mol. The van der Waals surface area contributed by atoms with Crippen molar-refractivity contribution < 1.29 is 23.5 Å². The number of carbonyl (C=O) groups excluding carboxylic acids is 2. The van der Waals surface area contributed by atoms with Crippen LogP contribution in [0.1, 0.15) is 43.4 Å². The molecule has 0 unspecified atom stereocenters. The summed E-state index contributed by atoms with van der Waals surface area (Å²) in [5, 5.41) is 0.409. The van der Waals surface area contributed by atoms with Gasteiger partial charge in [-0.25, -0.2) is 14.6 Å². The van der Waals surface area contributed by atoms with Crippen LogP contribution in [-0.2, 0) is 9.47 Å². The minimum atomic E-state index is -0.605. The largest absolute Gasteiger partial charge is 0.464 e. The van der Waals surface area contributed by atoms with Crippen molar-refractivity contribution in [2.75, 3.05) is 20.2 Å². The van der Waals surface area contributed by atoms with Crippen LogP contribution in [0.25, 0.3) is 16.9 Å². The van der Waals surface area contributed by atoms with Crippen molar-refractivity contribution in [2.45, 2.75) is 32.8 Å². The van der Waals surface area contributed by atoms with Gasteiger partial charge in [0.05, 0.1) is 17.8 Å². The second-order valence-corrected chi connectivity index (χ2v) is 7.89. The molecule has 0 spiro atoms. The molecule has 1 aliphatic heterocycles. The fourth-order valence-electron chi connectivity index (χ4n) is 2.87. The molecule has 0 bridgehead atoms. The molecule has 0 saturated heterocycles. The molecule has 0 aromatic carbocycles. The van der Waals surface area contributed by atoms with Crippen molar-refractivity contribution >= 4 is 29.2 Å². The zero-order valence-electron chi connectivity index (χ0n) is 16.7. The van der Waals surface area contributed by atoms with E-state index in [1.807, 2.05) is 26.8 Å². The number of hydrogen-bond donors (Lipinski definition) is 0. The molecule has 1 amide bonds. The summed E-state index contributed by atoms with van der Waals surface area (Å²) in [6, 6.07) is 1.66. The van der Waals surface area contributed by atoms with Crippen molar-refractivity contribution in [3.05, 3.63) is 41.1 Å². The Labute approximate surface area is 173 Å². The van der Waals surface area contributed by atoms with Crippen LogP contribution < -0.4 is 0 Å². The Balaban J connectivity index is 1.78. The first-order valence-electron chi connectivity index (χ1n) is 9.04. The summed E-state index contributed by atoms with van der Waals surface area (Å²) in [6.45, 7) is 6.43. The number of amides is 1. The average Bonchev–Trinajstić information content (AvgIpc) is 3.16. The fraction of sp³-hybridized carbons (Fsp3) is 0.400. The second kappa shape index (κ2) is 8.24. The van der Waals surface area contributed by atoms with Crippen LogP contribution in [0, 0.1) is 0 Å². The highest BCUT2D eigenvalue weighted by Crippen LogP contribution is 2.32. The van der Waals surface area contributed by atoms with Gasteiger partial charge in [-0.15, -0.1) is 0 Å². The molecule has 2 aromatic heterocycles. The number of halogens is 1. The number of ether oxygens (including phenoxy) is 2. The Morgan fingerprint density at radius 2 is 2.03 bits per heavy atom. The van der Waals surface area contributed by atoms with Crippen LogP contribution in [0.3, 0.4) is 0 Å². The highest BCUT2D eigenvalue weighted by atomic mass is 35.5. The third-order valence-electron chi connectivity index (χ3n) is 4.21. The summed E-state index contributed by atoms with van der Waals surface area (Å²) in [4.78, 5) is 33.9. The number of rotatable bonds is 3. The van der Waals surface area contributed by atoms with E-state index >= 15 is 0 Å². The number of carbonyl (C=O) groups is 2. The lowest BCUT2D eigenvalue weighted by atomic mass is 10.0. The molecule has 154 valence electrons. The van der Waals surface area contributed by atoms with Crippen LogP contribution in [-0.4, -0.2) is 52.7 Å². The summed E-state index contributed by atoms with van der Waals surface area (Å²) in [6.07, 6.45) is 4.90. The predicted molar refractivity (Wildman–Crippen MR) is 106 cm³/mol. The van der Waals surface area contributed by atoms with Gasteiger partial charge in [0.15, 0.2) is 17.8 Å². The zero-order chi connectivity index (χ0) is 21.2. The molecule has 29 heavy (non-hydrogen) atoms. The number of methoxy groups -OCH3 is 1. The number of nitrogens with zero attached hydrogens (tertiary/aromatic N) is 3. The van der Waals surface area contributed by atoms with Crippen molar-refractivity contribution in [1.29, 1.82) is 0 Å². The second-order valence-electron chi connectivity index (χ2n) is 7.48. The molecule has 0 saturated carbocycles. The molecule has 3 heterocycles. The fourth-order valence-corrected chi connectivity index (χ4v) is 3.16. The maximum Gasteiger partial charge on any atom is 0.410 e. The molecular weight excluding hydrogens is 398 g/mol. The normalized spacial score (nSPS) is 14.4. The quantitative estimate of drug-likeness (QED) is 0.688. The minimum absolute atomic E-state index is 0.0583. The molecule has 2 aromatic rings. The van der Waals surface area contributed by atoms with E-state index in [1.54, 1.807) is 17.2 Å². The van der Waals surface area contributed by atoms with E-state index in [2.05, 4.69) is 9.97 Å². The van der Waals surface area contributed by atoms with Gasteiger partial charge in [0, 0.05) is 24.8 Å². The van der Waals surface area contributed by atoms with Crippen LogP contribution in [0.2, 0.25) is 5.02 Å². The number of hydrogen-bond acceptors (Lipinski definition) is 7.